The fourth-order valence-corrected chi connectivity index (χ4v) is 3.25. The van der Waals surface area contributed by atoms with E-state index in [4.69, 9.17) is 4.74 Å². The molecule has 0 aliphatic heterocycles. The highest BCUT2D eigenvalue weighted by Gasteiger charge is 2.08. The van der Waals surface area contributed by atoms with Crippen LogP contribution in [0.5, 0.6) is 5.75 Å². The number of aromatic nitrogens is 2. The zero-order valence-electron chi connectivity index (χ0n) is 16.4. The van der Waals surface area contributed by atoms with Gasteiger partial charge in [0.15, 0.2) is 0 Å². The number of allylic oxidation sites excluding steroid dienone is 1. The summed E-state index contributed by atoms with van der Waals surface area (Å²) in [5, 5.41) is 6.13. The smallest absolute Gasteiger partial charge is 0.254 e. The van der Waals surface area contributed by atoms with Crippen molar-refractivity contribution in [1.82, 2.24) is 15.3 Å². The molecule has 0 bridgehead atoms. The molecule has 1 aromatic carbocycles. The summed E-state index contributed by atoms with van der Waals surface area (Å²) in [5.41, 5.74) is 3.12. The first kappa shape index (κ1) is 19.9. The summed E-state index contributed by atoms with van der Waals surface area (Å²) < 4.78 is 5.23. The Morgan fingerprint density at radius 3 is 2.75 bits per heavy atom. The van der Waals surface area contributed by atoms with Gasteiger partial charge in [-0.1, -0.05) is 23.8 Å². The molecular formula is C22H28N4O2. The minimum absolute atomic E-state index is 0.126. The van der Waals surface area contributed by atoms with E-state index in [1.54, 1.807) is 19.5 Å². The van der Waals surface area contributed by atoms with Crippen LogP contribution in [0.25, 0.3) is 0 Å². The van der Waals surface area contributed by atoms with Crippen LogP contribution in [0, 0.1) is 0 Å². The maximum Gasteiger partial charge on any atom is 0.254 e. The molecule has 28 heavy (non-hydrogen) atoms. The minimum Gasteiger partial charge on any atom is -0.497 e. The van der Waals surface area contributed by atoms with Crippen LogP contribution >= 0.6 is 0 Å². The van der Waals surface area contributed by atoms with Gasteiger partial charge in [-0.05, 0) is 56.2 Å². The number of hydrogen-bond acceptors (Lipinski definition) is 5. The van der Waals surface area contributed by atoms with Crippen molar-refractivity contribution in [2.75, 3.05) is 25.5 Å². The number of rotatable bonds is 9. The number of methoxy groups -OCH3 is 1. The molecule has 3 rings (SSSR count). The third kappa shape index (κ3) is 6.08. The first-order chi connectivity index (χ1) is 13.7. The summed E-state index contributed by atoms with van der Waals surface area (Å²) in [6.45, 7) is 1.36. The Kier molecular flexibility index (Phi) is 7.41. The Hall–Kier alpha value is -2.89. The summed E-state index contributed by atoms with van der Waals surface area (Å²) >= 11 is 0. The normalized spacial score (nSPS) is 13.5. The maximum absolute atomic E-state index is 12.2. The van der Waals surface area contributed by atoms with Crippen LogP contribution in [0.2, 0.25) is 0 Å². The van der Waals surface area contributed by atoms with E-state index in [0.717, 1.165) is 25.0 Å². The first-order valence-electron chi connectivity index (χ1n) is 9.89. The van der Waals surface area contributed by atoms with Crippen LogP contribution in [-0.4, -0.2) is 36.1 Å². The standard InChI is InChI=1S/C22H28N4O2/c1-28-20-9-5-8-18(14-20)11-13-24-22-25-15-19(16-26-22)21(27)23-12-10-17-6-3-2-4-7-17/h5-6,8-9,14-16H,2-4,7,10-13H2,1H3,(H,23,27)(H,24,25,26). The van der Waals surface area contributed by atoms with Gasteiger partial charge in [0.1, 0.15) is 5.75 Å². The lowest BCUT2D eigenvalue weighted by Gasteiger charge is -2.13. The Labute approximate surface area is 166 Å². The molecule has 148 valence electrons. The Morgan fingerprint density at radius 2 is 2.00 bits per heavy atom. The predicted molar refractivity (Wildman–Crippen MR) is 111 cm³/mol. The highest BCUT2D eigenvalue weighted by atomic mass is 16.5. The Bertz CT molecular complexity index is 802. The van der Waals surface area contributed by atoms with Gasteiger partial charge in [0.25, 0.3) is 5.91 Å². The van der Waals surface area contributed by atoms with E-state index >= 15 is 0 Å². The number of amides is 1. The zero-order valence-corrected chi connectivity index (χ0v) is 16.4. The van der Waals surface area contributed by atoms with Crippen molar-refractivity contribution in [2.45, 2.75) is 38.5 Å². The van der Waals surface area contributed by atoms with Gasteiger partial charge in [0, 0.05) is 25.5 Å². The molecule has 6 heteroatoms. The van der Waals surface area contributed by atoms with Crippen molar-refractivity contribution in [1.29, 1.82) is 0 Å². The molecule has 6 nitrogen and oxygen atoms in total. The highest BCUT2D eigenvalue weighted by Crippen LogP contribution is 2.19. The SMILES string of the molecule is COc1cccc(CCNc2ncc(C(=O)NCCC3=CCCCC3)cn2)c1. The lowest BCUT2D eigenvalue weighted by Crippen LogP contribution is -2.25. The molecule has 1 aliphatic carbocycles. The van der Waals surface area contributed by atoms with Gasteiger partial charge in [-0.25, -0.2) is 9.97 Å². The molecule has 0 atom stereocenters. The molecule has 1 heterocycles. The molecule has 0 saturated heterocycles. The van der Waals surface area contributed by atoms with Gasteiger partial charge in [-0.15, -0.1) is 0 Å². The van der Waals surface area contributed by atoms with E-state index in [9.17, 15) is 4.79 Å². The second kappa shape index (κ2) is 10.4. The van der Waals surface area contributed by atoms with Gasteiger partial charge >= 0.3 is 0 Å². The Morgan fingerprint density at radius 1 is 1.14 bits per heavy atom. The average molecular weight is 380 g/mol. The first-order valence-corrected chi connectivity index (χ1v) is 9.89. The van der Waals surface area contributed by atoms with Gasteiger partial charge < -0.3 is 15.4 Å². The monoisotopic (exact) mass is 380 g/mol. The van der Waals surface area contributed by atoms with Gasteiger partial charge in [0.05, 0.1) is 12.7 Å². The summed E-state index contributed by atoms with van der Waals surface area (Å²) in [6.07, 6.45) is 12.1. The third-order valence-electron chi connectivity index (χ3n) is 4.86. The van der Waals surface area contributed by atoms with Crippen molar-refractivity contribution in [3.05, 3.63) is 59.4 Å². The molecule has 2 aromatic rings. The fraction of sp³-hybridized carbons (Fsp3) is 0.409. The van der Waals surface area contributed by atoms with E-state index in [1.165, 1.54) is 30.4 Å². The second-order valence-corrected chi connectivity index (χ2v) is 6.94. The number of carbonyl (C=O) groups excluding carboxylic acids is 1. The molecule has 0 saturated carbocycles. The van der Waals surface area contributed by atoms with E-state index in [2.05, 4.69) is 32.7 Å². The molecule has 2 N–H and O–H groups in total. The van der Waals surface area contributed by atoms with Crippen LogP contribution in [0.15, 0.2) is 48.3 Å². The molecule has 0 unspecified atom stereocenters. The van der Waals surface area contributed by atoms with Crippen LogP contribution < -0.4 is 15.4 Å². The largest absolute Gasteiger partial charge is 0.497 e. The van der Waals surface area contributed by atoms with Crippen molar-refractivity contribution in [3.8, 4) is 5.75 Å². The van der Waals surface area contributed by atoms with Crippen molar-refractivity contribution >= 4 is 11.9 Å². The van der Waals surface area contributed by atoms with Crippen LogP contribution in [0.1, 0.15) is 48.0 Å². The van der Waals surface area contributed by atoms with E-state index in [0.29, 0.717) is 24.6 Å². The predicted octanol–water partition coefficient (Wildman–Crippen LogP) is 3.76. The van der Waals surface area contributed by atoms with Gasteiger partial charge in [-0.3, -0.25) is 4.79 Å². The number of carbonyl (C=O) groups is 1. The molecule has 0 radical (unpaired) electrons. The zero-order chi connectivity index (χ0) is 19.6. The van der Waals surface area contributed by atoms with Crippen LogP contribution in [0.4, 0.5) is 5.95 Å². The van der Waals surface area contributed by atoms with E-state index in [1.807, 2.05) is 18.2 Å². The van der Waals surface area contributed by atoms with Gasteiger partial charge in [0.2, 0.25) is 5.95 Å². The topological polar surface area (TPSA) is 76.1 Å². The minimum atomic E-state index is -0.126. The van der Waals surface area contributed by atoms with Crippen molar-refractivity contribution < 1.29 is 9.53 Å². The molecule has 1 aromatic heterocycles. The van der Waals surface area contributed by atoms with Gasteiger partial charge in [-0.2, -0.15) is 0 Å². The average Bonchev–Trinajstić information content (AvgIpc) is 2.75. The number of ether oxygens (including phenoxy) is 1. The quantitative estimate of drug-likeness (QED) is 0.648. The molecular weight excluding hydrogens is 352 g/mol. The van der Waals surface area contributed by atoms with Crippen molar-refractivity contribution in [3.63, 3.8) is 0 Å². The summed E-state index contributed by atoms with van der Waals surface area (Å²) in [4.78, 5) is 20.7. The number of nitrogens with zero attached hydrogens (tertiary/aromatic N) is 2. The number of benzene rings is 1. The fourth-order valence-electron chi connectivity index (χ4n) is 3.25. The number of anilines is 1. The van der Waals surface area contributed by atoms with Crippen LogP contribution in [-0.2, 0) is 6.42 Å². The number of nitrogens with one attached hydrogen (secondary N) is 2. The highest BCUT2D eigenvalue weighted by molar-refractivity contribution is 5.93. The van der Waals surface area contributed by atoms with Crippen molar-refractivity contribution in [2.24, 2.45) is 0 Å². The third-order valence-corrected chi connectivity index (χ3v) is 4.86. The van der Waals surface area contributed by atoms with E-state index in [-0.39, 0.29) is 5.91 Å². The lowest BCUT2D eigenvalue weighted by atomic mass is 9.97. The molecule has 1 aliphatic rings. The van der Waals surface area contributed by atoms with Crippen LogP contribution in [0.3, 0.4) is 0 Å². The summed E-state index contributed by atoms with van der Waals surface area (Å²) in [7, 11) is 1.66. The molecule has 0 fully saturated rings. The number of hydrogen-bond donors (Lipinski definition) is 2. The summed E-state index contributed by atoms with van der Waals surface area (Å²) in [5.74, 6) is 1.25. The maximum atomic E-state index is 12.2. The molecule has 0 spiro atoms. The second-order valence-electron chi connectivity index (χ2n) is 6.94. The van der Waals surface area contributed by atoms with E-state index < -0.39 is 0 Å². The lowest BCUT2D eigenvalue weighted by molar-refractivity contribution is 0.0953. The Balaban J connectivity index is 1.41. The molecule has 1 amide bonds. The summed E-state index contributed by atoms with van der Waals surface area (Å²) in [6, 6.07) is 7.97.